The molecule has 0 aromatic heterocycles. The summed E-state index contributed by atoms with van der Waals surface area (Å²) in [5, 5.41) is 13.2. The molecule has 1 fully saturated rings. The zero-order valence-electron chi connectivity index (χ0n) is 27.5. The lowest BCUT2D eigenvalue weighted by molar-refractivity contribution is -1.03. The number of methoxy groups -OCH3 is 4. The second-order valence-corrected chi connectivity index (χ2v) is 10.9. The van der Waals surface area contributed by atoms with Gasteiger partial charge in [0.2, 0.25) is 0 Å². The van der Waals surface area contributed by atoms with Crippen molar-refractivity contribution in [3.8, 4) is 23.0 Å². The summed E-state index contributed by atoms with van der Waals surface area (Å²) < 4.78 is 45.2. The third-order valence-electron chi connectivity index (χ3n) is 7.77. The van der Waals surface area contributed by atoms with E-state index in [0.717, 1.165) is 0 Å². The molecule has 49 heavy (non-hydrogen) atoms. The molecular formula is C34H38FN2O12+. The van der Waals surface area contributed by atoms with Crippen LogP contribution in [0.15, 0.2) is 54.6 Å². The van der Waals surface area contributed by atoms with Crippen molar-refractivity contribution in [3.63, 3.8) is 0 Å². The number of benzene rings is 3. The number of nitrogens with zero attached hydrogens (tertiary/aromatic N) is 1. The standard InChI is InChI=1S/C34H37FN2O12/c1-43-19-47-25-15-16-26(45-3)29(35)28(25)30(38)21-11-13-22(14-12-21)33(40)49-37(34(41)42)17-6-5-8-23(18-37)36-32(39)24-9-7-10-27(46-4)31(24)48-20-44-2/h7,9-16,23H,5-6,8,17-20H2,1-4H3,(H-,36,39,41,42)/p+1. The van der Waals surface area contributed by atoms with E-state index in [-0.39, 0.29) is 60.6 Å². The number of hydrogen-bond acceptors (Lipinski definition) is 11. The maximum Gasteiger partial charge on any atom is 0.556 e. The predicted molar refractivity (Wildman–Crippen MR) is 169 cm³/mol. The number of carbonyl (C=O) groups excluding carboxylic acids is 3. The first-order chi connectivity index (χ1) is 23.6. The van der Waals surface area contributed by atoms with Crippen LogP contribution < -0.4 is 24.3 Å². The summed E-state index contributed by atoms with van der Waals surface area (Å²) in [5.41, 5.74) is -0.298. The molecule has 15 heteroatoms. The highest BCUT2D eigenvalue weighted by molar-refractivity contribution is 6.11. The monoisotopic (exact) mass is 685 g/mol. The van der Waals surface area contributed by atoms with Gasteiger partial charge in [0, 0.05) is 26.2 Å². The summed E-state index contributed by atoms with van der Waals surface area (Å²) in [5.74, 6) is -3.02. The number of halogens is 1. The maximum atomic E-state index is 15.2. The minimum Gasteiger partial charge on any atom is -0.494 e. The van der Waals surface area contributed by atoms with Crippen molar-refractivity contribution in [2.75, 3.05) is 55.1 Å². The van der Waals surface area contributed by atoms with Gasteiger partial charge >= 0.3 is 12.1 Å². The van der Waals surface area contributed by atoms with Crippen LogP contribution >= 0.6 is 0 Å². The van der Waals surface area contributed by atoms with Crippen molar-refractivity contribution in [2.45, 2.75) is 25.3 Å². The molecule has 1 heterocycles. The fourth-order valence-corrected chi connectivity index (χ4v) is 5.36. The molecule has 262 valence electrons. The van der Waals surface area contributed by atoms with Crippen LogP contribution in [-0.2, 0) is 14.3 Å². The van der Waals surface area contributed by atoms with E-state index >= 15 is 4.39 Å². The van der Waals surface area contributed by atoms with E-state index in [1.165, 1.54) is 70.9 Å². The van der Waals surface area contributed by atoms with E-state index in [4.69, 9.17) is 33.3 Å². The number of ketones is 1. The second-order valence-electron chi connectivity index (χ2n) is 10.9. The van der Waals surface area contributed by atoms with Crippen molar-refractivity contribution < 1.29 is 66.6 Å². The Morgan fingerprint density at radius 3 is 2.14 bits per heavy atom. The Balaban J connectivity index is 1.53. The SMILES string of the molecule is COCOc1ccc(OC)c(F)c1C(=O)c1ccc(C(=O)O[N+]2(C(=O)O)CCCCC(NC(=O)c3cccc(OC)c3OCOC)C2)cc1. The van der Waals surface area contributed by atoms with Gasteiger partial charge in [-0.25, -0.2) is 9.18 Å². The first-order valence-electron chi connectivity index (χ1n) is 15.2. The minimum atomic E-state index is -1.43. The van der Waals surface area contributed by atoms with Gasteiger partial charge in [-0.2, -0.15) is 4.79 Å². The molecule has 14 nitrogen and oxygen atoms in total. The van der Waals surface area contributed by atoms with Crippen LogP contribution in [0, 0.1) is 5.82 Å². The molecule has 3 aromatic carbocycles. The van der Waals surface area contributed by atoms with Gasteiger partial charge in [0.15, 0.2) is 49.0 Å². The summed E-state index contributed by atoms with van der Waals surface area (Å²) in [6.07, 6.45) is -0.0683. The maximum absolute atomic E-state index is 15.2. The predicted octanol–water partition coefficient (Wildman–Crippen LogP) is 4.59. The van der Waals surface area contributed by atoms with Crippen molar-refractivity contribution in [3.05, 3.63) is 82.7 Å². The average Bonchev–Trinajstić information content (AvgIpc) is 3.31. The Hall–Kier alpha value is -5.25. The lowest BCUT2D eigenvalue weighted by atomic mass is 10.00. The van der Waals surface area contributed by atoms with Gasteiger partial charge in [-0.15, -0.1) is 0 Å². The molecule has 3 aromatic rings. The summed E-state index contributed by atoms with van der Waals surface area (Å²) >= 11 is 0. The first-order valence-corrected chi connectivity index (χ1v) is 15.2. The van der Waals surface area contributed by atoms with E-state index in [1.807, 2.05) is 0 Å². The van der Waals surface area contributed by atoms with Gasteiger partial charge < -0.3 is 38.8 Å². The van der Waals surface area contributed by atoms with E-state index in [1.54, 1.807) is 12.1 Å². The van der Waals surface area contributed by atoms with Crippen LogP contribution in [-0.4, -0.2) is 94.7 Å². The normalized spacial score (nSPS) is 17.3. The summed E-state index contributed by atoms with van der Waals surface area (Å²) in [4.78, 5) is 58.4. The number of rotatable bonds is 13. The van der Waals surface area contributed by atoms with Crippen molar-refractivity contribution in [2.24, 2.45) is 0 Å². The highest BCUT2D eigenvalue weighted by atomic mass is 19.1. The molecule has 0 radical (unpaired) electrons. The number of quaternary nitrogens is 1. The number of likely N-dealkylation sites (tertiary alicyclic amines) is 1. The van der Waals surface area contributed by atoms with E-state index in [9.17, 15) is 24.3 Å². The lowest BCUT2D eigenvalue weighted by Crippen LogP contribution is -2.58. The van der Waals surface area contributed by atoms with Gasteiger partial charge in [0.05, 0.1) is 31.4 Å². The molecule has 4 rings (SSSR count). The Bertz CT molecular complexity index is 1670. The number of amides is 2. The van der Waals surface area contributed by atoms with Crippen LogP contribution in [0.25, 0.3) is 0 Å². The Kier molecular flexibility index (Phi) is 12.5. The van der Waals surface area contributed by atoms with Crippen LogP contribution in [0.5, 0.6) is 23.0 Å². The topological polar surface area (TPSA) is 165 Å². The van der Waals surface area contributed by atoms with Gasteiger partial charge in [-0.3, -0.25) is 14.4 Å². The molecule has 0 aliphatic carbocycles. The smallest absolute Gasteiger partial charge is 0.494 e. The molecule has 0 saturated carbocycles. The Labute approximate surface area is 281 Å². The van der Waals surface area contributed by atoms with Crippen molar-refractivity contribution in [1.82, 2.24) is 5.32 Å². The third-order valence-corrected chi connectivity index (χ3v) is 7.77. The number of hydroxylamine groups is 3. The number of nitrogens with one attached hydrogen (secondary N) is 1. The number of carboxylic acid groups (broad SMARTS) is 1. The van der Waals surface area contributed by atoms with Gasteiger partial charge in [0.25, 0.3) is 5.91 Å². The fourth-order valence-electron chi connectivity index (χ4n) is 5.36. The average molecular weight is 686 g/mol. The third kappa shape index (κ3) is 8.43. The highest BCUT2D eigenvalue weighted by Crippen LogP contribution is 2.33. The zero-order chi connectivity index (χ0) is 35.6. The van der Waals surface area contributed by atoms with Crippen LogP contribution in [0.4, 0.5) is 9.18 Å². The Morgan fingerprint density at radius 2 is 1.49 bits per heavy atom. The molecule has 2 unspecified atom stereocenters. The number of para-hydroxylation sites is 1. The summed E-state index contributed by atoms with van der Waals surface area (Å²) in [7, 11) is 5.48. The summed E-state index contributed by atoms with van der Waals surface area (Å²) in [6.45, 7) is -0.697. The summed E-state index contributed by atoms with van der Waals surface area (Å²) in [6, 6.07) is 11.8. The molecule has 0 bridgehead atoms. The van der Waals surface area contributed by atoms with E-state index < -0.39 is 45.8 Å². The van der Waals surface area contributed by atoms with Crippen LogP contribution in [0.3, 0.4) is 0 Å². The van der Waals surface area contributed by atoms with Crippen LogP contribution in [0.1, 0.15) is 55.9 Å². The minimum absolute atomic E-state index is 0.0111. The fraction of sp³-hybridized carbons (Fsp3) is 0.353. The first kappa shape index (κ1) is 36.6. The van der Waals surface area contributed by atoms with Gasteiger partial charge in [-0.1, -0.05) is 18.2 Å². The van der Waals surface area contributed by atoms with Gasteiger partial charge in [0.1, 0.15) is 17.9 Å². The number of carbonyl (C=O) groups is 4. The van der Waals surface area contributed by atoms with Crippen molar-refractivity contribution in [1.29, 1.82) is 0 Å². The van der Waals surface area contributed by atoms with Gasteiger partial charge in [-0.05, 0) is 53.9 Å². The molecule has 1 aliphatic heterocycles. The van der Waals surface area contributed by atoms with E-state index in [0.29, 0.717) is 25.0 Å². The molecule has 2 atom stereocenters. The van der Waals surface area contributed by atoms with Crippen LogP contribution in [0.2, 0.25) is 0 Å². The largest absolute Gasteiger partial charge is 0.556 e. The zero-order valence-corrected chi connectivity index (χ0v) is 27.5. The van der Waals surface area contributed by atoms with E-state index in [2.05, 4.69) is 5.32 Å². The molecule has 1 saturated heterocycles. The quantitative estimate of drug-likeness (QED) is 0.146. The number of ether oxygens (including phenoxy) is 6. The Morgan fingerprint density at radius 1 is 0.837 bits per heavy atom. The molecular weight excluding hydrogens is 647 g/mol. The second kappa shape index (κ2) is 16.7. The molecule has 0 spiro atoms. The molecule has 2 N–H and O–H groups in total. The molecule has 2 amide bonds. The lowest BCUT2D eigenvalue weighted by Gasteiger charge is -2.30. The number of hydrogen-bond donors (Lipinski definition) is 2. The van der Waals surface area contributed by atoms with Crippen molar-refractivity contribution >= 4 is 23.8 Å². The molecule has 1 aliphatic rings. The highest BCUT2D eigenvalue weighted by Gasteiger charge is 2.47.